The highest BCUT2D eigenvalue weighted by molar-refractivity contribution is 5.16. The van der Waals surface area contributed by atoms with E-state index in [1.807, 2.05) is 30.3 Å². The summed E-state index contributed by atoms with van der Waals surface area (Å²) in [7, 11) is 0. The van der Waals surface area contributed by atoms with Crippen LogP contribution in [-0.2, 0) is 23.7 Å². The Hall–Kier alpha value is -1.22. The molecule has 174 valence electrons. The number of benzene rings is 1. The number of hydrogen-bond donors (Lipinski definition) is 6. The van der Waals surface area contributed by atoms with Crippen molar-refractivity contribution < 1.29 is 54.3 Å². The second-order valence-electron chi connectivity index (χ2n) is 8.02. The van der Waals surface area contributed by atoms with Crippen molar-refractivity contribution in [2.45, 2.75) is 67.5 Å². The molecule has 3 fully saturated rings. The first-order valence-corrected chi connectivity index (χ1v) is 10.1. The third-order valence-electron chi connectivity index (χ3n) is 5.78. The van der Waals surface area contributed by atoms with E-state index in [1.165, 1.54) is 0 Å². The monoisotopic (exact) mass is 444 g/mol. The summed E-state index contributed by atoms with van der Waals surface area (Å²) in [5.74, 6) is -2.33. The van der Waals surface area contributed by atoms with E-state index in [0.717, 1.165) is 5.56 Å². The van der Waals surface area contributed by atoms with E-state index in [0.29, 0.717) is 0 Å². The van der Waals surface area contributed by atoms with Gasteiger partial charge in [0.1, 0.15) is 30.5 Å². The predicted octanol–water partition coefficient (Wildman–Crippen LogP) is -2.24. The SMILES string of the molecule is OCC1(O)O[C@@H](CO[C@H]2O[C@@H]3COC(c4ccccc4)O[C@@H]3[C@H](O)[C@H]2O)C[C@@H](O)[C@@H]1O. The highest BCUT2D eigenvalue weighted by Crippen LogP contribution is 2.35. The fourth-order valence-corrected chi connectivity index (χ4v) is 4.04. The molecule has 10 atom stereocenters. The zero-order chi connectivity index (χ0) is 22.2. The van der Waals surface area contributed by atoms with E-state index in [9.17, 15) is 30.6 Å². The number of rotatable bonds is 5. The van der Waals surface area contributed by atoms with Gasteiger partial charge in [0.25, 0.3) is 0 Å². The first-order chi connectivity index (χ1) is 14.8. The van der Waals surface area contributed by atoms with Crippen LogP contribution in [0.2, 0.25) is 0 Å². The van der Waals surface area contributed by atoms with Crippen molar-refractivity contribution in [2.24, 2.45) is 0 Å². The van der Waals surface area contributed by atoms with Gasteiger partial charge in [-0.1, -0.05) is 30.3 Å². The van der Waals surface area contributed by atoms with Crippen LogP contribution in [0.4, 0.5) is 0 Å². The molecule has 3 aliphatic rings. The van der Waals surface area contributed by atoms with Gasteiger partial charge in [-0.25, -0.2) is 0 Å². The van der Waals surface area contributed by atoms with Crippen LogP contribution in [0.1, 0.15) is 18.3 Å². The fourth-order valence-electron chi connectivity index (χ4n) is 4.04. The van der Waals surface area contributed by atoms with E-state index < -0.39 is 67.7 Å². The highest BCUT2D eigenvalue weighted by Gasteiger charge is 2.51. The number of hydrogen-bond acceptors (Lipinski definition) is 11. The largest absolute Gasteiger partial charge is 0.391 e. The molecule has 0 amide bonds. The van der Waals surface area contributed by atoms with Crippen molar-refractivity contribution in [3.05, 3.63) is 35.9 Å². The molecule has 0 radical (unpaired) electrons. The third kappa shape index (κ3) is 4.63. The van der Waals surface area contributed by atoms with Crippen molar-refractivity contribution in [1.82, 2.24) is 0 Å². The summed E-state index contributed by atoms with van der Waals surface area (Å²) < 4.78 is 28.0. The van der Waals surface area contributed by atoms with Crippen LogP contribution in [0, 0.1) is 0 Å². The normalized spacial score (nSPS) is 45.8. The summed E-state index contributed by atoms with van der Waals surface area (Å²) in [6.07, 6.45) is -10.2. The van der Waals surface area contributed by atoms with Gasteiger partial charge >= 0.3 is 0 Å². The average molecular weight is 444 g/mol. The van der Waals surface area contributed by atoms with Crippen molar-refractivity contribution >= 4 is 0 Å². The second kappa shape index (κ2) is 9.33. The molecule has 0 saturated carbocycles. The van der Waals surface area contributed by atoms with Crippen LogP contribution in [0.3, 0.4) is 0 Å². The Labute approximate surface area is 178 Å². The van der Waals surface area contributed by atoms with Crippen LogP contribution >= 0.6 is 0 Å². The molecule has 3 heterocycles. The molecule has 3 aliphatic heterocycles. The Morgan fingerprint density at radius 3 is 2.48 bits per heavy atom. The Morgan fingerprint density at radius 2 is 1.77 bits per heavy atom. The number of aliphatic hydroxyl groups is 6. The van der Waals surface area contributed by atoms with Gasteiger partial charge in [0.15, 0.2) is 12.6 Å². The molecule has 0 bridgehead atoms. The lowest BCUT2D eigenvalue weighted by Crippen LogP contribution is -2.63. The predicted molar refractivity (Wildman–Crippen MR) is 100 cm³/mol. The third-order valence-corrected chi connectivity index (χ3v) is 5.78. The van der Waals surface area contributed by atoms with Crippen molar-refractivity contribution in [3.63, 3.8) is 0 Å². The molecule has 0 aliphatic carbocycles. The van der Waals surface area contributed by atoms with Gasteiger partial charge in [-0.3, -0.25) is 0 Å². The minimum absolute atomic E-state index is 0.0775. The second-order valence-corrected chi connectivity index (χ2v) is 8.02. The summed E-state index contributed by atoms with van der Waals surface area (Å²) in [4.78, 5) is 0. The maximum absolute atomic E-state index is 10.6. The van der Waals surface area contributed by atoms with E-state index >= 15 is 0 Å². The maximum atomic E-state index is 10.6. The Balaban J connectivity index is 1.35. The van der Waals surface area contributed by atoms with Crippen LogP contribution in [0.15, 0.2) is 30.3 Å². The van der Waals surface area contributed by atoms with E-state index in [4.69, 9.17) is 23.7 Å². The average Bonchev–Trinajstić information content (AvgIpc) is 2.79. The standard InChI is InChI=1S/C20H28O11/c21-9-20(26)17(25)12(22)6-11(31-20)7-27-19-15(24)14(23)16-13(29-19)8-28-18(30-16)10-4-2-1-3-5-10/h1-5,11-19,21-26H,6-9H2/t11-,12-,13-,14-,15-,16+,17+,18?,19+,20?/m1/s1. The van der Waals surface area contributed by atoms with Crippen molar-refractivity contribution in [2.75, 3.05) is 19.8 Å². The van der Waals surface area contributed by atoms with Crippen LogP contribution in [0.5, 0.6) is 0 Å². The summed E-state index contributed by atoms with van der Waals surface area (Å²) >= 11 is 0. The topological polar surface area (TPSA) is 168 Å². The van der Waals surface area contributed by atoms with Gasteiger partial charge in [0.05, 0.1) is 32.0 Å². The van der Waals surface area contributed by atoms with E-state index in [-0.39, 0.29) is 19.6 Å². The smallest absolute Gasteiger partial charge is 0.218 e. The molecule has 4 rings (SSSR count). The lowest BCUT2D eigenvalue weighted by Gasteiger charge is -2.47. The van der Waals surface area contributed by atoms with Crippen LogP contribution in [-0.4, -0.2) is 105 Å². The molecule has 0 spiro atoms. The highest BCUT2D eigenvalue weighted by atomic mass is 16.8. The molecule has 11 heteroatoms. The first-order valence-electron chi connectivity index (χ1n) is 10.1. The molecule has 1 aromatic carbocycles. The zero-order valence-corrected chi connectivity index (χ0v) is 16.6. The van der Waals surface area contributed by atoms with Crippen LogP contribution < -0.4 is 0 Å². The van der Waals surface area contributed by atoms with E-state index in [1.54, 1.807) is 0 Å². The molecule has 2 unspecified atom stereocenters. The summed E-state index contributed by atoms with van der Waals surface area (Å²) in [6, 6.07) is 9.18. The van der Waals surface area contributed by atoms with Gasteiger partial charge < -0.3 is 54.3 Å². The lowest BCUT2D eigenvalue weighted by molar-refractivity contribution is -0.372. The van der Waals surface area contributed by atoms with Gasteiger partial charge in [-0.05, 0) is 0 Å². The molecule has 1 aromatic rings. The summed E-state index contributed by atoms with van der Waals surface area (Å²) in [5.41, 5.74) is 0.771. The zero-order valence-electron chi connectivity index (χ0n) is 16.6. The van der Waals surface area contributed by atoms with Crippen molar-refractivity contribution in [1.29, 1.82) is 0 Å². The van der Waals surface area contributed by atoms with Gasteiger partial charge in [-0.2, -0.15) is 0 Å². The minimum Gasteiger partial charge on any atom is -0.391 e. The minimum atomic E-state index is -2.33. The molecule has 11 nitrogen and oxygen atoms in total. The summed E-state index contributed by atoms with van der Waals surface area (Å²) in [5, 5.41) is 60.1. The Bertz CT molecular complexity index is 718. The van der Waals surface area contributed by atoms with Gasteiger partial charge in [0, 0.05) is 12.0 Å². The Kier molecular flexibility index (Phi) is 6.91. The molecule has 31 heavy (non-hydrogen) atoms. The van der Waals surface area contributed by atoms with Gasteiger partial charge in [-0.15, -0.1) is 0 Å². The molecular formula is C20H28O11. The quantitative estimate of drug-likeness (QED) is 0.290. The fraction of sp³-hybridized carbons (Fsp3) is 0.700. The lowest BCUT2D eigenvalue weighted by atomic mass is 9.95. The molecule has 3 saturated heterocycles. The number of aliphatic hydroxyl groups excluding tert-OH is 5. The first kappa shape index (κ1) is 23.0. The molecule has 6 N–H and O–H groups in total. The Morgan fingerprint density at radius 1 is 1.03 bits per heavy atom. The number of fused-ring (bicyclic) bond motifs is 1. The van der Waals surface area contributed by atoms with Crippen LogP contribution in [0.25, 0.3) is 0 Å². The maximum Gasteiger partial charge on any atom is 0.218 e. The molecular weight excluding hydrogens is 416 g/mol. The van der Waals surface area contributed by atoms with Crippen molar-refractivity contribution in [3.8, 4) is 0 Å². The van der Waals surface area contributed by atoms with Gasteiger partial charge in [0.2, 0.25) is 5.79 Å². The number of ether oxygens (including phenoxy) is 5. The van der Waals surface area contributed by atoms with E-state index in [2.05, 4.69) is 0 Å². The summed E-state index contributed by atoms with van der Waals surface area (Å²) in [6.45, 7) is -1.07. The molecule has 0 aromatic heterocycles.